The molecule has 21 heavy (non-hydrogen) atoms. The summed E-state index contributed by atoms with van der Waals surface area (Å²) in [5.74, 6) is 0. The lowest BCUT2D eigenvalue weighted by Crippen LogP contribution is -2.14. The molecule has 4 nitrogen and oxygen atoms in total. The third-order valence-corrected chi connectivity index (χ3v) is 5.10. The smallest absolute Gasteiger partial charge is 0.261 e. The number of sulfonamides is 1. The maximum absolute atomic E-state index is 12.4. The summed E-state index contributed by atoms with van der Waals surface area (Å²) in [6, 6.07) is 7.73. The van der Waals surface area contributed by atoms with Crippen LogP contribution in [0.2, 0.25) is 10.0 Å². The third-order valence-electron chi connectivity index (χ3n) is 3.00. The molecule has 112 valence electrons. The van der Waals surface area contributed by atoms with Crippen molar-refractivity contribution in [2.24, 2.45) is 0 Å². The molecule has 0 atom stereocenters. The number of hydrogen-bond acceptors (Lipinski definition) is 3. The molecule has 0 bridgehead atoms. The minimum absolute atomic E-state index is 0.0660. The fraction of sp³-hybridized carbons (Fsp3) is 0.143. The Hall–Kier alpha value is -1.43. The Morgan fingerprint density at radius 2 is 1.71 bits per heavy atom. The van der Waals surface area contributed by atoms with Crippen LogP contribution in [0.1, 0.15) is 11.1 Å². The van der Waals surface area contributed by atoms with E-state index < -0.39 is 10.0 Å². The first kappa shape index (κ1) is 15.9. The maximum Gasteiger partial charge on any atom is 0.261 e. The Labute approximate surface area is 133 Å². The van der Waals surface area contributed by atoms with E-state index in [2.05, 4.69) is 4.72 Å². The number of benzene rings is 2. The Balaban J connectivity index is 2.43. The number of anilines is 2. The van der Waals surface area contributed by atoms with Gasteiger partial charge in [-0.1, -0.05) is 23.2 Å². The Morgan fingerprint density at radius 3 is 2.29 bits per heavy atom. The van der Waals surface area contributed by atoms with Crippen LogP contribution in [0.3, 0.4) is 0 Å². The number of nitrogen functional groups attached to an aromatic ring is 1. The van der Waals surface area contributed by atoms with Crippen molar-refractivity contribution >= 4 is 44.6 Å². The molecule has 3 N–H and O–H groups in total. The van der Waals surface area contributed by atoms with Gasteiger partial charge in [-0.25, -0.2) is 8.42 Å². The van der Waals surface area contributed by atoms with Crippen molar-refractivity contribution in [3.05, 3.63) is 51.5 Å². The van der Waals surface area contributed by atoms with Gasteiger partial charge in [0.25, 0.3) is 10.0 Å². The molecule has 2 rings (SSSR count). The second kappa shape index (κ2) is 5.75. The zero-order chi connectivity index (χ0) is 15.8. The van der Waals surface area contributed by atoms with Gasteiger partial charge in [0.1, 0.15) is 0 Å². The predicted octanol–water partition coefficient (Wildman–Crippen LogP) is 3.99. The second-order valence-corrected chi connectivity index (χ2v) is 7.20. The van der Waals surface area contributed by atoms with Crippen LogP contribution in [0, 0.1) is 13.8 Å². The average molecular weight is 345 g/mol. The van der Waals surface area contributed by atoms with Crippen LogP contribution in [-0.2, 0) is 10.0 Å². The summed E-state index contributed by atoms with van der Waals surface area (Å²) < 4.78 is 27.3. The standard InChI is InChI=1S/C14H14Cl2N2O2S/c1-8-5-10(15)3-4-13(8)18-21(19,20)11-6-9(2)14(16)12(17)7-11/h3-7,18H,17H2,1-2H3. The quantitative estimate of drug-likeness (QED) is 0.826. The van der Waals surface area contributed by atoms with E-state index in [-0.39, 0.29) is 10.6 Å². The molecule has 0 heterocycles. The number of nitrogens with one attached hydrogen (secondary N) is 1. The fourth-order valence-electron chi connectivity index (χ4n) is 1.86. The van der Waals surface area contributed by atoms with Crippen LogP contribution in [-0.4, -0.2) is 8.42 Å². The summed E-state index contributed by atoms with van der Waals surface area (Å²) in [7, 11) is -3.74. The van der Waals surface area contributed by atoms with Crippen LogP contribution in [0.4, 0.5) is 11.4 Å². The van der Waals surface area contributed by atoms with Gasteiger partial charge in [-0.2, -0.15) is 0 Å². The summed E-state index contributed by atoms with van der Waals surface area (Å²) in [6.45, 7) is 3.47. The van der Waals surface area contributed by atoms with E-state index in [1.807, 2.05) is 0 Å². The molecule has 0 unspecified atom stereocenters. The SMILES string of the molecule is Cc1cc(Cl)ccc1NS(=O)(=O)c1cc(C)c(Cl)c(N)c1. The van der Waals surface area contributed by atoms with E-state index in [1.165, 1.54) is 12.1 Å². The maximum atomic E-state index is 12.4. The van der Waals surface area contributed by atoms with Crippen molar-refractivity contribution in [1.82, 2.24) is 0 Å². The molecule has 0 amide bonds. The molecule has 2 aromatic rings. The van der Waals surface area contributed by atoms with Crippen molar-refractivity contribution in [3.63, 3.8) is 0 Å². The lowest BCUT2D eigenvalue weighted by Gasteiger charge is -2.12. The largest absolute Gasteiger partial charge is 0.397 e. The van der Waals surface area contributed by atoms with Crippen LogP contribution < -0.4 is 10.5 Å². The molecule has 0 aliphatic carbocycles. The first-order valence-electron chi connectivity index (χ1n) is 6.05. The molecule has 0 fully saturated rings. The normalized spacial score (nSPS) is 11.4. The van der Waals surface area contributed by atoms with Crippen LogP contribution in [0.5, 0.6) is 0 Å². The number of halogens is 2. The van der Waals surface area contributed by atoms with Gasteiger partial charge in [0, 0.05) is 5.02 Å². The molecule has 0 aliphatic rings. The fourth-order valence-corrected chi connectivity index (χ4v) is 3.45. The lowest BCUT2D eigenvalue weighted by molar-refractivity contribution is 0.601. The molecule has 7 heteroatoms. The van der Waals surface area contributed by atoms with Crippen molar-refractivity contribution in [2.75, 3.05) is 10.5 Å². The minimum Gasteiger partial charge on any atom is -0.397 e. The van der Waals surface area contributed by atoms with E-state index in [0.717, 1.165) is 5.56 Å². The highest BCUT2D eigenvalue weighted by molar-refractivity contribution is 7.92. The summed E-state index contributed by atoms with van der Waals surface area (Å²) >= 11 is 11.8. The van der Waals surface area contributed by atoms with Gasteiger partial charge in [-0.05, 0) is 55.3 Å². The summed E-state index contributed by atoms with van der Waals surface area (Å²) in [5.41, 5.74) is 7.74. The molecule has 0 aromatic heterocycles. The number of nitrogens with two attached hydrogens (primary N) is 1. The topological polar surface area (TPSA) is 72.2 Å². The summed E-state index contributed by atoms with van der Waals surface area (Å²) in [4.78, 5) is 0.0660. The van der Waals surface area contributed by atoms with E-state index in [9.17, 15) is 8.42 Å². The zero-order valence-corrected chi connectivity index (χ0v) is 13.8. The number of hydrogen-bond donors (Lipinski definition) is 2. The first-order chi connectivity index (χ1) is 9.70. The lowest BCUT2D eigenvalue weighted by atomic mass is 10.2. The number of rotatable bonds is 3. The molecule has 0 aliphatic heterocycles. The molecule has 0 radical (unpaired) electrons. The second-order valence-electron chi connectivity index (χ2n) is 4.71. The van der Waals surface area contributed by atoms with Gasteiger partial charge >= 0.3 is 0 Å². The molecular formula is C14H14Cl2N2O2S. The third kappa shape index (κ3) is 3.43. The average Bonchev–Trinajstić information content (AvgIpc) is 2.38. The van der Waals surface area contributed by atoms with Gasteiger partial charge in [-0.3, -0.25) is 4.72 Å². The predicted molar refractivity (Wildman–Crippen MR) is 87.6 cm³/mol. The first-order valence-corrected chi connectivity index (χ1v) is 8.29. The Bertz CT molecular complexity index is 782. The zero-order valence-electron chi connectivity index (χ0n) is 11.4. The van der Waals surface area contributed by atoms with E-state index in [0.29, 0.717) is 21.3 Å². The molecule has 0 saturated heterocycles. The summed E-state index contributed by atoms with van der Waals surface area (Å²) in [6.07, 6.45) is 0. The molecule has 0 spiro atoms. The van der Waals surface area contributed by atoms with Gasteiger partial charge in [0.2, 0.25) is 0 Å². The Morgan fingerprint density at radius 1 is 1.05 bits per heavy atom. The highest BCUT2D eigenvalue weighted by atomic mass is 35.5. The van der Waals surface area contributed by atoms with E-state index in [1.54, 1.807) is 32.0 Å². The molecule has 2 aromatic carbocycles. The van der Waals surface area contributed by atoms with E-state index >= 15 is 0 Å². The van der Waals surface area contributed by atoms with Crippen molar-refractivity contribution in [1.29, 1.82) is 0 Å². The van der Waals surface area contributed by atoms with Crippen LogP contribution in [0.25, 0.3) is 0 Å². The van der Waals surface area contributed by atoms with Crippen molar-refractivity contribution < 1.29 is 8.42 Å². The monoisotopic (exact) mass is 344 g/mol. The van der Waals surface area contributed by atoms with Gasteiger partial charge in [0.05, 0.1) is 21.3 Å². The highest BCUT2D eigenvalue weighted by Crippen LogP contribution is 2.28. The van der Waals surface area contributed by atoms with E-state index in [4.69, 9.17) is 28.9 Å². The summed E-state index contributed by atoms with van der Waals surface area (Å²) in [5, 5.41) is 0.902. The van der Waals surface area contributed by atoms with Gasteiger partial charge in [-0.15, -0.1) is 0 Å². The van der Waals surface area contributed by atoms with Crippen LogP contribution in [0.15, 0.2) is 35.2 Å². The van der Waals surface area contributed by atoms with Gasteiger partial charge in [0.15, 0.2) is 0 Å². The van der Waals surface area contributed by atoms with Gasteiger partial charge < -0.3 is 5.73 Å². The molecular weight excluding hydrogens is 331 g/mol. The Kier molecular flexibility index (Phi) is 4.37. The number of aryl methyl sites for hydroxylation is 2. The minimum atomic E-state index is -3.74. The van der Waals surface area contributed by atoms with Crippen molar-refractivity contribution in [2.45, 2.75) is 18.7 Å². The van der Waals surface area contributed by atoms with Crippen LogP contribution >= 0.6 is 23.2 Å². The highest BCUT2D eigenvalue weighted by Gasteiger charge is 2.18. The van der Waals surface area contributed by atoms with Crippen molar-refractivity contribution in [3.8, 4) is 0 Å². The molecule has 0 saturated carbocycles.